The Hall–Kier alpha value is -1.19. The van der Waals surface area contributed by atoms with Crippen molar-refractivity contribution in [3.05, 3.63) is 51.0 Å². The SMILES string of the molecule is CCCNC(c1ccc(CCC)cc1)c1sc(C)nc1C. The quantitative estimate of drug-likeness (QED) is 0.794. The number of rotatable bonds is 7. The van der Waals surface area contributed by atoms with Gasteiger partial charge < -0.3 is 5.32 Å². The topological polar surface area (TPSA) is 24.9 Å². The van der Waals surface area contributed by atoms with E-state index in [2.05, 4.69) is 62.3 Å². The summed E-state index contributed by atoms with van der Waals surface area (Å²) in [5.74, 6) is 0. The highest BCUT2D eigenvalue weighted by molar-refractivity contribution is 7.11. The van der Waals surface area contributed by atoms with E-state index in [-0.39, 0.29) is 6.04 Å². The van der Waals surface area contributed by atoms with Gasteiger partial charge in [-0.3, -0.25) is 0 Å². The van der Waals surface area contributed by atoms with Crippen molar-refractivity contribution in [2.24, 2.45) is 0 Å². The summed E-state index contributed by atoms with van der Waals surface area (Å²) in [6, 6.07) is 9.34. The Morgan fingerprint density at radius 1 is 1.10 bits per heavy atom. The Balaban J connectivity index is 2.28. The van der Waals surface area contributed by atoms with Crippen molar-refractivity contribution in [1.29, 1.82) is 0 Å². The van der Waals surface area contributed by atoms with E-state index in [1.807, 2.05) is 11.3 Å². The van der Waals surface area contributed by atoms with Crippen LogP contribution in [0.15, 0.2) is 24.3 Å². The Morgan fingerprint density at radius 2 is 1.81 bits per heavy atom. The zero-order chi connectivity index (χ0) is 15.2. The Kier molecular flexibility index (Phi) is 5.95. The molecule has 0 aliphatic carbocycles. The highest BCUT2D eigenvalue weighted by Gasteiger charge is 2.18. The first-order valence-corrected chi connectivity index (χ1v) is 8.73. The van der Waals surface area contributed by atoms with Crippen LogP contribution in [-0.2, 0) is 6.42 Å². The minimum atomic E-state index is 0.270. The summed E-state index contributed by atoms with van der Waals surface area (Å²) in [5.41, 5.74) is 3.92. The first-order valence-electron chi connectivity index (χ1n) is 7.91. The highest BCUT2D eigenvalue weighted by Crippen LogP contribution is 2.30. The predicted octanol–water partition coefficient (Wildman–Crippen LogP) is 4.80. The molecule has 0 radical (unpaired) electrons. The number of aryl methyl sites for hydroxylation is 3. The second-order valence-corrected chi connectivity index (χ2v) is 6.80. The third kappa shape index (κ3) is 4.14. The van der Waals surface area contributed by atoms with Gasteiger partial charge >= 0.3 is 0 Å². The van der Waals surface area contributed by atoms with E-state index in [1.54, 1.807) is 0 Å². The molecule has 1 aromatic heterocycles. The zero-order valence-electron chi connectivity index (χ0n) is 13.6. The smallest absolute Gasteiger partial charge is 0.0900 e. The lowest BCUT2D eigenvalue weighted by molar-refractivity contribution is 0.602. The fourth-order valence-corrected chi connectivity index (χ4v) is 3.66. The standard InChI is InChI=1S/C18H26N2S/c1-5-7-15-8-10-16(11-9-15)17(19-12-6-2)18-13(3)20-14(4)21-18/h8-11,17,19H,5-7,12H2,1-4H3. The summed E-state index contributed by atoms with van der Waals surface area (Å²) in [7, 11) is 0. The maximum absolute atomic E-state index is 4.59. The molecule has 1 atom stereocenters. The lowest BCUT2D eigenvalue weighted by atomic mass is 10.0. The van der Waals surface area contributed by atoms with Crippen molar-refractivity contribution >= 4 is 11.3 Å². The number of hydrogen-bond donors (Lipinski definition) is 1. The van der Waals surface area contributed by atoms with Gasteiger partial charge in [-0.05, 0) is 44.4 Å². The summed E-state index contributed by atoms with van der Waals surface area (Å²) in [5, 5.41) is 4.82. The first kappa shape index (κ1) is 16.2. The molecule has 2 rings (SSSR count). The van der Waals surface area contributed by atoms with Gasteiger partial charge in [0.05, 0.1) is 16.7 Å². The van der Waals surface area contributed by atoms with Crippen LogP contribution in [-0.4, -0.2) is 11.5 Å². The molecule has 21 heavy (non-hydrogen) atoms. The molecule has 2 aromatic rings. The van der Waals surface area contributed by atoms with Gasteiger partial charge in [-0.15, -0.1) is 11.3 Å². The Labute approximate surface area is 132 Å². The molecule has 0 spiro atoms. The molecule has 114 valence electrons. The van der Waals surface area contributed by atoms with Gasteiger partial charge in [-0.2, -0.15) is 0 Å². The first-order chi connectivity index (χ1) is 10.2. The van der Waals surface area contributed by atoms with Gasteiger partial charge in [-0.25, -0.2) is 4.98 Å². The van der Waals surface area contributed by atoms with Crippen molar-refractivity contribution < 1.29 is 0 Å². The van der Waals surface area contributed by atoms with E-state index < -0.39 is 0 Å². The highest BCUT2D eigenvalue weighted by atomic mass is 32.1. The van der Waals surface area contributed by atoms with Crippen molar-refractivity contribution in [1.82, 2.24) is 10.3 Å². The van der Waals surface area contributed by atoms with E-state index in [4.69, 9.17) is 0 Å². The van der Waals surface area contributed by atoms with Gasteiger partial charge in [-0.1, -0.05) is 44.5 Å². The molecule has 1 N–H and O–H groups in total. The predicted molar refractivity (Wildman–Crippen MR) is 92.2 cm³/mol. The van der Waals surface area contributed by atoms with Gasteiger partial charge in [0.2, 0.25) is 0 Å². The molecule has 1 aromatic carbocycles. The van der Waals surface area contributed by atoms with E-state index in [0.29, 0.717) is 0 Å². The second kappa shape index (κ2) is 7.71. The van der Waals surface area contributed by atoms with Crippen molar-refractivity contribution in [3.8, 4) is 0 Å². The minimum Gasteiger partial charge on any atom is -0.306 e. The molecule has 0 saturated carbocycles. The van der Waals surface area contributed by atoms with Crippen LogP contribution in [0, 0.1) is 13.8 Å². The third-order valence-electron chi connectivity index (χ3n) is 3.65. The van der Waals surface area contributed by atoms with Crippen LogP contribution in [0.2, 0.25) is 0 Å². The number of aromatic nitrogens is 1. The van der Waals surface area contributed by atoms with E-state index in [1.165, 1.54) is 22.4 Å². The molecule has 0 aliphatic rings. The molecule has 0 aliphatic heterocycles. The summed E-state index contributed by atoms with van der Waals surface area (Å²) < 4.78 is 0. The van der Waals surface area contributed by atoms with Crippen molar-refractivity contribution in [3.63, 3.8) is 0 Å². The number of benzene rings is 1. The summed E-state index contributed by atoms with van der Waals surface area (Å²) in [6.07, 6.45) is 3.50. The van der Waals surface area contributed by atoms with E-state index >= 15 is 0 Å². The molecule has 0 saturated heterocycles. The average Bonchev–Trinajstić information content (AvgIpc) is 2.80. The summed E-state index contributed by atoms with van der Waals surface area (Å²) in [4.78, 5) is 5.94. The lowest BCUT2D eigenvalue weighted by Gasteiger charge is -2.18. The fourth-order valence-electron chi connectivity index (χ4n) is 2.63. The normalized spacial score (nSPS) is 12.6. The van der Waals surface area contributed by atoms with Crippen LogP contribution < -0.4 is 5.32 Å². The second-order valence-electron chi connectivity index (χ2n) is 5.56. The van der Waals surface area contributed by atoms with Gasteiger partial charge in [0, 0.05) is 4.88 Å². The van der Waals surface area contributed by atoms with Crippen LogP contribution in [0.1, 0.15) is 59.4 Å². The molecule has 3 heteroatoms. The van der Waals surface area contributed by atoms with Crippen molar-refractivity contribution in [2.75, 3.05) is 6.54 Å². The van der Waals surface area contributed by atoms with Crippen molar-refractivity contribution in [2.45, 2.75) is 53.0 Å². The average molecular weight is 302 g/mol. The fraction of sp³-hybridized carbons (Fsp3) is 0.500. The van der Waals surface area contributed by atoms with Crippen LogP contribution in [0.25, 0.3) is 0 Å². The lowest BCUT2D eigenvalue weighted by Crippen LogP contribution is -2.23. The molecule has 1 heterocycles. The number of nitrogens with zero attached hydrogens (tertiary/aromatic N) is 1. The van der Waals surface area contributed by atoms with Crippen LogP contribution in [0.5, 0.6) is 0 Å². The summed E-state index contributed by atoms with van der Waals surface area (Å²) >= 11 is 1.81. The van der Waals surface area contributed by atoms with Gasteiger partial charge in [0.15, 0.2) is 0 Å². The monoisotopic (exact) mass is 302 g/mol. The maximum Gasteiger partial charge on any atom is 0.0900 e. The van der Waals surface area contributed by atoms with Gasteiger partial charge in [0.1, 0.15) is 0 Å². The largest absolute Gasteiger partial charge is 0.306 e. The molecule has 0 amide bonds. The zero-order valence-corrected chi connectivity index (χ0v) is 14.4. The molecule has 0 bridgehead atoms. The molecular formula is C18H26N2S. The summed E-state index contributed by atoms with van der Waals surface area (Å²) in [6.45, 7) is 9.66. The minimum absolute atomic E-state index is 0.270. The molecule has 0 fully saturated rings. The number of thiazole rings is 1. The number of nitrogens with one attached hydrogen (secondary N) is 1. The maximum atomic E-state index is 4.59. The number of hydrogen-bond acceptors (Lipinski definition) is 3. The third-order valence-corrected chi connectivity index (χ3v) is 4.79. The van der Waals surface area contributed by atoms with E-state index in [0.717, 1.165) is 30.1 Å². The van der Waals surface area contributed by atoms with Gasteiger partial charge in [0.25, 0.3) is 0 Å². The van der Waals surface area contributed by atoms with Crippen LogP contribution >= 0.6 is 11.3 Å². The van der Waals surface area contributed by atoms with Crippen LogP contribution in [0.3, 0.4) is 0 Å². The Morgan fingerprint density at radius 3 is 2.33 bits per heavy atom. The van der Waals surface area contributed by atoms with Crippen LogP contribution in [0.4, 0.5) is 0 Å². The molecule has 2 nitrogen and oxygen atoms in total. The molecule has 1 unspecified atom stereocenters. The van der Waals surface area contributed by atoms with E-state index in [9.17, 15) is 0 Å². The molecular weight excluding hydrogens is 276 g/mol. The Bertz CT molecular complexity index is 557.